The normalized spacial score (nSPS) is 19.1. The molecule has 0 radical (unpaired) electrons. The smallest absolute Gasteiger partial charge is 0.220 e. The Morgan fingerprint density at radius 2 is 0.795 bits per heavy atom. The molecule has 1 aliphatic heterocycles. The molecule has 0 aromatic heterocycles. The van der Waals surface area contributed by atoms with Crippen LogP contribution in [0.25, 0.3) is 0 Å². The molecule has 9 heteroatoms. The second-order valence-corrected chi connectivity index (χ2v) is 22.9. The van der Waals surface area contributed by atoms with E-state index in [9.17, 15) is 30.3 Å². The molecule has 1 amide bonds. The Bertz CT molecular complexity index is 1460. The molecule has 7 atom stereocenters. The number of allylic oxidation sites excluding steroid dienone is 12. The molecule has 7 unspecified atom stereocenters. The van der Waals surface area contributed by atoms with Crippen molar-refractivity contribution in [2.24, 2.45) is 0 Å². The molecule has 0 aromatic carbocycles. The van der Waals surface area contributed by atoms with Gasteiger partial charge in [0.15, 0.2) is 6.29 Å². The third-order valence-corrected chi connectivity index (χ3v) is 15.6. The van der Waals surface area contributed by atoms with Crippen LogP contribution in [0.5, 0.6) is 0 Å². The second-order valence-electron chi connectivity index (χ2n) is 22.9. The number of hydrogen-bond acceptors (Lipinski definition) is 8. The van der Waals surface area contributed by atoms with Crippen molar-refractivity contribution in [3.8, 4) is 0 Å². The summed E-state index contributed by atoms with van der Waals surface area (Å²) >= 11 is 0. The first-order valence-corrected chi connectivity index (χ1v) is 33.1. The van der Waals surface area contributed by atoms with Crippen molar-refractivity contribution >= 4 is 5.91 Å². The Morgan fingerprint density at radius 1 is 0.449 bits per heavy atom. The summed E-state index contributed by atoms with van der Waals surface area (Å²) in [6.07, 6.45) is 73.7. The number of aliphatic hydroxyl groups excluding tert-OH is 5. The first-order valence-electron chi connectivity index (χ1n) is 33.1. The van der Waals surface area contributed by atoms with E-state index < -0.39 is 49.5 Å². The van der Waals surface area contributed by atoms with Gasteiger partial charge in [0.05, 0.1) is 25.4 Å². The van der Waals surface area contributed by atoms with Gasteiger partial charge in [-0.15, -0.1) is 0 Å². The number of carbonyl (C=O) groups excluding carboxylic acids is 1. The highest BCUT2D eigenvalue weighted by Gasteiger charge is 2.44. The highest BCUT2D eigenvalue weighted by molar-refractivity contribution is 5.76. The monoisotopic (exact) mass is 1100 g/mol. The lowest BCUT2D eigenvalue weighted by Gasteiger charge is -2.40. The molecular weight excluding hydrogens is 971 g/mol. The molecule has 0 aromatic rings. The van der Waals surface area contributed by atoms with E-state index in [4.69, 9.17) is 9.47 Å². The van der Waals surface area contributed by atoms with Gasteiger partial charge in [-0.05, 0) is 64.2 Å². The highest BCUT2D eigenvalue weighted by atomic mass is 16.7. The van der Waals surface area contributed by atoms with Gasteiger partial charge >= 0.3 is 0 Å². The van der Waals surface area contributed by atoms with E-state index in [1.165, 1.54) is 199 Å². The largest absolute Gasteiger partial charge is 0.394 e. The minimum Gasteiger partial charge on any atom is -0.394 e. The van der Waals surface area contributed by atoms with E-state index in [0.717, 1.165) is 77.0 Å². The van der Waals surface area contributed by atoms with Crippen LogP contribution in [-0.2, 0) is 14.3 Å². The second kappa shape index (κ2) is 57.8. The molecule has 1 fully saturated rings. The van der Waals surface area contributed by atoms with Gasteiger partial charge in [0, 0.05) is 6.42 Å². The Kier molecular flexibility index (Phi) is 54.6. The Labute approximate surface area is 480 Å². The Hall–Kier alpha value is -2.37. The van der Waals surface area contributed by atoms with Crippen LogP contribution in [0.3, 0.4) is 0 Å². The SMILES string of the molecule is CC/C=C\C/C=C\C/C=C\C/C=C\C/C=C\C/C=C\CCCCCCCCCCCCCCC(=O)NC(COC1OC(CO)C(O)C(O)C1O)C(O)CCCCCCCCCCCCCCCCCCCCCCCCCC. The summed E-state index contributed by atoms with van der Waals surface area (Å²) < 4.78 is 11.4. The molecule has 0 bridgehead atoms. The van der Waals surface area contributed by atoms with Crippen molar-refractivity contribution in [2.75, 3.05) is 13.2 Å². The van der Waals surface area contributed by atoms with Crippen LogP contribution in [0.2, 0.25) is 0 Å². The van der Waals surface area contributed by atoms with Crippen molar-refractivity contribution in [1.29, 1.82) is 0 Å². The lowest BCUT2D eigenvalue weighted by molar-refractivity contribution is -0.302. The maximum atomic E-state index is 13.1. The van der Waals surface area contributed by atoms with Gasteiger partial charge in [-0.3, -0.25) is 4.79 Å². The predicted molar refractivity (Wildman–Crippen MR) is 332 cm³/mol. The van der Waals surface area contributed by atoms with Crippen LogP contribution in [-0.4, -0.2) is 87.5 Å². The highest BCUT2D eigenvalue weighted by Crippen LogP contribution is 2.23. The lowest BCUT2D eigenvalue weighted by atomic mass is 9.99. The summed E-state index contributed by atoms with van der Waals surface area (Å²) in [6.45, 7) is 3.76. The van der Waals surface area contributed by atoms with Crippen LogP contribution in [0.15, 0.2) is 72.9 Å². The maximum Gasteiger partial charge on any atom is 0.220 e. The fourth-order valence-electron chi connectivity index (χ4n) is 10.4. The molecule has 1 heterocycles. The lowest BCUT2D eigenvalue weighted by Crippen LogP contribution is -2.60. The number of aliphatic hydroxyl groups is 5. The fourth-order valence-corrected chi connectivity index (χ4v) is 10.4. The van der Waals surface area contributed by atoms with Gasteiger partial charge in [0.25, 0.3) is 0 Å². The summed E-state index contributed by atoms with van der Waals surface area (Å²) in [5, 5.41) is 54.9. The quantitative estimate of drug-likeness (QED) is 0.0261. The van der Waals surface area contributed by atoms with Gasteiger partial charge in [0.2, 0.25) is 5.91 Å². The minimum atomic E-state index is -1.56. The first-order chi connectivity index (χ1) is 38.3. The van der Waals surface area contributed by atoms with Crippen molar-refractivity contribution < 1.29 is 39.8 Å². The standard InChI is InChI=1S/C69H125NO8/c1-3-5-7-9-11-13-15-17-19-21-23-25-27-29-30-31-32-33-34-35-37-39-41-43-45-47-49-51-53-55-57-59-65(73)70-62(61-77-69-68(76)67(75)66(74)64(60-71)78-69)63(72)58-56-54-52-50-48-46-44-42-40-38-36-28-26-24-22-20-18-16-14-12-10-8-6-4-2/h5,7,11,13,17,19,23,25,29-30,32-33,62-64,66-69,71-72,74-76H,3-4,6,8-10,12,14-16,18,20-22,24,26-28,31,34-61H2,1-2H3,(H,70,73)/b7-5-,13-11-,19-17-,25-23-,30-29-,33-32-. The van der Waals surface area contributed by atoms with Crippen molar-refractivity contribution in [3.63, 3.8) is 0 Å². The number of ether oxygens (including phenoxy) is 2. The summed E-state index contributed by atoms with van der Waals surface area (Å²) in [4.78, 5) is 13.1. The zero-order valence-electron chi connectivity index (χ0n) is 50.7. The molecule has 454 valence electrons. The zero-order chi connectivity index (χ0) is 56.5. The predicted octanol–water partition coefficient (Wildman–Crippen LogP) is 17.6. The number of rotatable bonds is 57. The van der Waals surface area contributed by atoms with E-state index in [-0.39, 0.29) is 12.5 Å². The summed E-state index contributed by atoms with van der Waals surface area (Å²) in [6, 6.07) is -0.725. The average Bonchev–Trinajstić information content (AvgIpc) is 3.45. The molecule has 1 saturated heterocycles. The molecule has 1 rings (SSSR count). The van der Waals surface area contributed by atoms with Gasteiger partial charge in [-0.2, -0.15) is 0 Å². The molecule has 6 N–H and O–H groups in total. The van der Waals surface area contributed by atoms with Crippen molar-refractivity contribution in [2.45, 2.75) is 346 Å². The van der Waals surface area contributed by atoms with Crippen molar-refractivity contribution in [3.05, 3.63) is 72.9 Å². The fraction of sp³-hybridized carbons (Fsp3) is 0.812. The minimum absolute atomic E-state index is 0.140. The van der Waals surface area contributed by atoms with Gasteiger partial charge in [-0.25, -0.2) is 0 Å². The number of carbonyl (C=O) groups is 1. The van der Waals surface area contributed by atoms with E-state index >= 15 is 0 Å². The topological polar surface area (TPSA) is 149 Å². The molecule has 0 spiro atoms. The maximum absolute atomic E-state index is 13.1. The molecular formula is C69H125NO8. The van der Waals surface area contributed by atoms with E-state index in [1.807, 2.05) is 0 Å². The zero-order valence-corrected chi connectivity index (χ0v) is 50.7. The van der Waals surface area contributed by atoms with E-state index in [1.54, 1.807) is 0 Å². The van der Waals surface area contributed by atoms with Crippen LogP contribution in [0.1, 0.15) is 303 Å². The molecule has 0 aliphatic carbocycles. The number of nitrogens with one attached hydrogen (secondary N) is 1. The van der Waals surface area contributed by atoms with E-state index in [2.05, 4.69) is 92.1 Å². The Balaban J connectivity index is 2.15. The van der Waals surface area contributed by atoms with Crippen LogP contribution in [0.4, 0.5) is 0 Å². The van der Waals surface area contributed by atoms with Gasteiger partial charge < -0.3 is 40.3 Å². The summed E-state index contributed by atoms with van der Waals surface area (Å²) in [5.74, 6) is -0.145. The number of amides is 1. The molecule has 9 nitrogen and oxygen atoms in total. The number of unbranched alkanes of at least 4 members (excludes halogenated alkanes) is 35. The van der Waals surface area contributed by atoms with Crippen LogP contribution in [0, 0.1) is 0 Å². The number of hydrogen-bond donors (Lipinski definition) is 6. The molecule has 1 aliphatic rings. The average molecular weight is 1100 g/mol. The van der Waals surface area contributed by atoms with Crippen molar-refractivity contribution in [1.82, 2.24) is 5.32 Å². The first kappa shape index (κ1) is 73.6. The van der Waals surface area contributed by atoms with Crippen LogP contribution < -0.4 is 5.32 Å². The van der Waals surface area contributed by atoms with E-state index in [0.29, 0.717) is 12.8 Å². The summed E-state index contributed by atoms with van der Waals surface area (Å²) in [5.41, 5.74) is 0. The van der Waals surface area contributed by atoms with Crippen LogP contribution >= 0.6 is 0 Å². The third kappa shape index (κ3) is 46.3. The Morgan fingerprint density at radius 3 is 1.18 bits per heavy atom. The van der Waals surface area contributed by atoms with Gasteiger partial charge in [-0.1, -0.05) is 305 Å². The third-order valence-electron chi connectivity index (χ3n) is 15.6. The summed E-state index contributed by atoms with van der Waals surface area (Å²) in [7, 11) is 0. The molecule has 0 saturated carbocycles. The molecule has 78 heavy (non-hydrogen) atoms. The van der Waals surface area contributed by atoms with Gasteiger partial charge in [0.1, 0.15) is 24.4 Å².